The highest BCUT2D eigenvalue weighted by molar-refractivity contribution is 5.12. The van der Waals surface area contributed by atoms with Crippen molar-refractivity contribution in [3.63, 3.8) is 0 Å². The second kappa shape index (κ2) is 8.24. The van der Waals surface area contributed by atoms with E-state index in [1.54, 1.807) is 0 Å². The monoisotopic (exact) mass is 234 g/mol. The molecule has 1 aromatic rings. The fraction of sp³-hybridized carbons (Fsp3) is 0.667. The van der Waals surface area contributed by atoms with Gasteiger partial charge in [0.1, 0.15) is 0 Å². The third kappa shape index (κ3) is 6.42. The van der Waals surface area contributed by atoms with Crippen LogP contribution in [-0.4, -0.2) is 11.0 Å². The molecule has 0 aromatic carbocycles. The maximum Gasteiger partial charge on any atom is 0.0372 e. The van der Waals surface area contributed by atoms with Gasteiger partial charge in [-0.25, -0.2) is 0 Å². The Kier molecular flexibility index (Phi) is 6.87. The van der Waals surface area contributed by atoms with Gasteiger partial charge in [-0.1, -0.05) is 38.7 Å². The SMILES string of the molecule is CCCCCCC(C)NCc1ccc(C)nc1. The van der Waals surface area contributed by atoms with Gasteiger partial charge >= 0.3 is 0 Å². The van der Waals surface area contributed by atoms with Crippen molar-refractivity contribution < 1.29 is 0 Å². The summed E-state index contributed by atoms with van der Waals surface area (Å²) < 4.78 is 0. The highest BCUT2D eigenvalue weighted by Crippen LogP contribution is 2.06. The molecule has 0 amide bonds. The number of pyridine rings is 1. The van der Waals surface area contributed by atoms with Gasteiger partial charge in [0.25, 0.3) is 0 Å². The Hall–Kier alpha value is -0.890. The molecule has 1 atom stereocenters. The molecule has 1 aromatic heterocycles. The summed E-state index contributed by atoms with van der Waals surface area (Å²) in [7, 11) is 0. The number of hydrogen-bond donors (Lipinski definition) is 1. The molecule has 96 valence electrons. The van der Waals surface area contributed by atoms with Crippen LogP contribution < -0.4 is 5.32 Å². The largest absolute Gasteiger partial charge is 0.310 e. The van der Waals surface area contributed by atoms with Gasteiger partial charge in [-0.2, -0.15) is 0 Å². The Labute approximate surface area is 106 Å². The molecule has 2 nitrogen and oxygen atoms in total. The molecule has 17 heavy (non-hydrogen) atoms. The van der Waals surface area contributed by atoms with Crippen LogP contribution in [0.15, 0.2) is 18.3 Å². The summed E-state index contributed by atoms with van der Waals surface area (Å²) in [5.41, 5.74) is 2.36. The Morgan fingerprint density at radius 2 is 2.06 bits per heavy atom. The predicted molar refractivity (Wildman–Crippen MR) is 74.0 cm³/mol. The first-order valence-electron chi connectivity index (χ1n) is 6.87. The molecule has 1 heterocycles. The average Bonchev–Trinajstić information content (AvgIpc) is 2.34. The van der Waals surface area contributed by atoms with Crippen molar-refractivity contribution in [2.45, 2.75) is 65.5 Å². The highest BCUT2D eigenvalue weighted by atomic mass is 14.9. The summed E-state index contributed by atoms with van der Waals surface area (Å²) in [6.07, 6.45) is 8.64. The van der Waals surface area contributed by atoms with Gasteiger partial charge in [0.2, 0.25) is 0 Å². The minimum absolute atomic E-state index is 0.605. The molecule has 0 saturated carbocycles. The van der Waals surface area contributed by atoms with Crippen LogP contribution in [0.3, 0.4) is 0 Å². The molecule has 1 N–H and O–H groups in total. The summed E-state index contributed by atoms with van der Waals surface area (Å²) >= 11 is 0. The first-order valence-corrected chi connectivity index (χ1v) is 6.87. The van der Waals surface area contributed by atoms with E-state index in [2.05, 4.69) is 36.3 Å². The summed E-state index contributed by atoms with van der Waals surface area (Å²) in [4.78, 5) is 4.30. The van der Waals surface area contributed by atoms with E-state index < -0.39 is 0 Å². The minimum atomic E-state index is 0.605. The first-order chi connectivity index (χ1) is 8.22. The topological polar surface area (TPSA) is 24.9 Å². The van der Waals surface area contributed by atoms with Gasteiger partial charge in [0.05, 0.1) is 0 Å². The number of aromatic nitrogens is 1. The zero-order valence-electron chi connectivity index (χ0n) is 11.5. The summed E-state index contributed by atoms with van der Waals surface area (Å²) in [5.74, 6) is 0. The Balaban J connectivity index is 2.14. The molecule has 0 radical (unpaired) electrons. The molecule has 1 unspecified atom stereocenters. The van der Waals surface area contributed by atoms with E-state index in [1.165, 1.54) is 37.7 Å². The first kappa shape index (κ1) is 14.2. The molecule has 0 fully saturated rings. The standard InChI is InChI=1S/C15H26N2/c1-4-5-6-7-8-13(2)16-11-15-10-9-14(3)17-12-15/h9-10,12-13,16H,4-8,11H2,1-3H3. The van der Waals surface area contributed by atoms with Crippen molar-refractivity contribution in [3.05, 3.63) is 29.6 Å². The normalized spacial score (nSPS) is 12.6. The number of nitrogens with zero attached hydrogens (tertiary/aromatic N) is 1. The van der Waals surface area contributed by atoms with Gasteiger partial charge in [-0.05, 0) is 31.9 Å². The number of aryl methyl sites for hydroxylation is 1. The molecule has 0 aliphatic rings. The zero-order chi connectivity index (χ0) is 12.5. The molecule has 0 aliphatic heterocycles. The van der Waals surface area contributed by atoms with E-state index in [0.717, 1.165) is 12.2 Å². The van der Waals surface area contributed by atoms with Gasteiger partial charge in [-0.15, -0.1) is 0 Å². The number of unbranched alkanes of at least 4 members (excludes halogenated alkanes) is 3. The van der Waals surface area contributed by atoms with Crippen LogP contribution in [-0.2, 0) is 6.54 Å². The Morgan fingerprint density at radius 1 is 1.24 bits per heavy atom. The number of rotatable bonds is 8. The van der Waals surface area contributed by atoms with Crippen molar-refractivity contribution in [3.8, 4) is 0 Å². The zero-order valence-corrected chi connectivity index (χ0v) is 11.5. The van der Waals surface area contributed by atoms with Crippen LogP contribution in [0.4, 0.5) is 0 Å². The van der Waals surface area contributed by atoms with E-state index in [9.17, 15) is 0 Å². The van der Waals surface area contributed by atoms with E-state index in [0.29, 0.717) is 6.04 Å². The second-order valence-electron chi connectivity index (χ2n) is 4.94. The van der Waals surface area contributed by atoms with Crippen LogP contribution >= 0.6 is 0 Å². The molecular formula is C15H26N2. The Bertz CT molecular complexity index is 292. The van der Waals surface area contributed by atoms with E-state index in [4.69, 9.17) is 0 Å². The molecular weight excluding hydrogens is 208 g/mol. The fourth-order valence-electron chi connectivity index (χ4n) is 1.87. The van der Waals surface area contributed by atoms with Crippen molar-refractivity contribution >= 4 is 0 Å². The van der Waals surface area contributed by atoms with Crippen LogP contribution in [0, 0.1) is 6.92 Å². The summed E-state index contributed by atoms with van der Waals surface area (Å²) in [6, 6.07) is 4.83. The average molecular weight is 234 g/mol. The summed E-state index contributed by atoms with van der Waals surface area (Å²) in [5, 5.41) is 3.56. The molecule has 1 rings (SSSR count). The third-order valence-electron chi connectivity index (χ3n) is 3.12. The minimum Gasteiger partial charge on any atom is -0.310 e. The molecule has 2 heteroatoms. The fourth-order valence-corrected chi connectivity index (χ4v) is 1.87. The summed E-state index contributed by atoms with van der Waals surface area (Å²) in [6.45, 7) is 7.48. The molecule has 0 spiro atoms. The number of hydrogen-bond acceptors (Lipinski definition) is 2. The van der Waals surface area contributed by atoms with E-state index in [1.807, 2.05) is 13.1 Å². The van der Waals surface area contributed by atoms with E-state index >= 15 is 0 Å². The van der Waals surface area contributed by atoms with Gasteiger partial charge in [0, 0.05) is 24.5 Å². The predicted octanol–water partition coefficient (Wildman–Crippen LogP) is 3.84. The van der Waals surface area contributed by atoms with Crippen molar-refractivity contribution in [2.24, 2.45) is 0 Å². The maximum atomic E-state index is 4.30. The lowest BCUT2D eigenvalue weighted by molar-refractivity contribution is 0.482. The van der Waals surface area contributed by atoms with Gasteiger partial charge in [0.15, 0.2) is 0 Å². The van der Waals surface area contributed by atoms with Crippen LogP contribution in [0.25, 0.3) is 0 Å². The van der Waals surface area contributed by atoms with Crippen LogP contribution in [0.5, 0.6) is 0 Å². The Morgan fingerprint density at radius 3 is 2.71 bits per heavy atom. The third-order valence-corrected chi connectivity index (χ3v) is 3.12. The lowest BCUT2D eigenvalue weighted by atomic mass is 10.1. The van der Waals surface area contributed by atoms with E-state index in [-0.39, 0.29) is 0 Å². The second-order valence-corrected chi connectivity index (χ2v) is 4.94. The van der Waals surface area contributed by atoms with Gasteiger partial charge in [-0.3, -0.25) is 4.98 Å². The van der Waals surface area contributed by atoms with Crippen LogP contribution in [0.2, 0.25) is 0 Å². The highest BCUT2D eigenvalue weighted by Gasteiger charge is 2.01. The van der Waals surface area contributed by atoms with Crippen LogP contribution in [0.1, 0.15) is 57.2 Å². The lowest BCUT2D eigenvalue weighted by Crippen LogP contribution is -2.25. The molecule has 0 bridgehead atoms. The lowest BCUT2D eigenvalue weighted by Gasteiger charge is -2.13. The van der Waals surface area contributed by atoms with Crippen molar-refractivity contribution in [2.75, 3.05) is 0 Å². The molecule has 0 saturated heterocycles. The smallest absolute Gasteiger partial charge is 0.0372 e. The molecule has 0 aliphatic carbocycles. The van der Waals surface area contributed by atoms with Crippen molar-refractivity contribution in [1.29, 1.82) is 0 Å². The number of nitrogens with one attached hydrogen (secondary N) is 1. The van der Waals surface area contributed by atoms with Gasteiger partial charge < -0.3 is 5.32 Å². The van der Waals surface area contributed by atoms with Crippen molar-refractivity contribution in [1.82, 2.24) is 10.3 Å². The maximum absolute atomic E-state index is 4.30. The quantitative estimate of drug-likeness (QED) is 0.691.